The van der Waals surface area contributed by atoms with Crippen LogP contribution in [0.3, 0.4) is 0 Å². The molecule has 0 aromatic rings. The van der Waals surface area contributed by atoms with E-state index in [1.54, 1.807) is 0 Å². The Balaban J connectivity index is 1.97. The maximum absolute atomic E-state index is 3.75. The molecule has 2 heterocycles. The lowest BCUT2D eigenvalue weighted by atomic mass is 9.90. The first-order valence-corrected chi connectivity index (χ1v) is 6.28. The summed E-state index contributed by atoms with van der Waals surface area (Å²) in [6.45, 7) is 2.48. The van der Waals surface area contributed by atoms with Crippen molar-refractivity contribution in [1.29, 1.82) is 0 Å². The molecule has 0 aliphatic carbocycles. The molecule has 3 atom stereocenters. The number of rotatable bonds is 1. The smallest absolute Gasteiger partial charge is 0.0674 e. The molecule has 0 spiro atoms. The highest BCUT2D eigenvalue weighted by molar-refractivity contribution is 9.09. The lowest BCUT2D eigenvalue weighted by Gasteiger charge is -2.36. The van der Waals surface area contributed by atoms with Crippen molar-refractivity contribution in [3.63, 3.8) is 0 Å². The third-order valence-electron chi connectivity index (χ3n) is 3.50. The largest absolute Gasteiger partial charge is 0.305 e. The fourth-order valence-corrected chi connectivity index (χ4v) is 3.59. The molecule has 2 rings (SSSR count). The number of likely N-dealkylation sites (tertiary alicyclic amines) is 1. The minimum Gasteiger partial charge on any atom is -0.305 e. The Morgan fingerprint density at radius 2 is 2.15 bits per heavy atom. The highest BCUT2D eigenvalue weighted by Gasteiger charge is 2.34. The normalized spacial score (nSPS) is 42.5. The monoisotopic (exact) mass is 246 g/mol. The van der Waals surface area contributed by atoms with Gasteiger partial charge >= 0.3 is 0 Å². The first-order chi connectivity index (χ1) is 6.29. The van der Waals surface area contributed by atoms with E-state index in [0.717, 1.165) is 12.0 Å². The van der Waals surface area contributed by atoms with E-state index >= 15 is 0 Å². The van der Waals surface area contributed by atoms with Gasteiger partial charge in [-0.25, -0.2) is 0 Å². The van der Waals surface area contributed by atoms with Gasteiger partial charge < -0.3 is 10.2 Å². The van der Waals surface area contributed by atoms with Gasteiger partial charge in [0.1, 0.15) is 0 Å². The van der Waals surface area contributed by atoms with E-state index in [9.17, 15) is 0 Å². The van der Waals surface area contributed by atoms with Gasteiger partial charge in [-0.2, -0.15) is 0 Å². The molecule has 0 aromatic heterocycles. The Kier molecular flexibility index (Phi) is 3.27. The van der Waals surface area contributed by atoms with Crippen LogP contribution in [0.4, 0.5) is 0 Å². The van der Waals surface area contributed by atoms with Crippen molar-refractivity contribution in [3.8, 4) is 0 Å². The van der Waals surface area contributed by atoms with Gasteiger partial charge in [-0.15, -0.1) is 0 Å². The highest BCUT2D eigenvalue weighted by atomic mass is 79.9. The summed E-state index contributed by atoms with van der Waals surface area (Å²) in [5.74, 6) is 0.821. The molecule has 0 bridgehead atoms. The van der Waals surface area contributed by atoms with Crippen LogP contribution >= 0.6 is 15.9 Å². The Bertz CT molecular complexity index is 174. The number of piperidine rings is 1. The van der Waals surface area contributed by atoms with Gasteiger partial charge in [-0.1, -0.05) is 15.9 Å². The van der Waals surface area contributed by atoms with Crippen molar-refractivity contribution in [3.05, 3.63) is 0 Å². The van der Waals surface area contributed by atoms with Crippen molar-refractivity contribution in [2.75, 3.05) is 20.1 Å². The van der Waals surface area contributed by atoms with Gasteiger partial charge in [-0.3, -0.25) is 0 Å². The van der Waals surface area contributed by atoms with E-state index < -0.39 is 0 Å². The zero-order valence-electron chi connectivity index (χ0n) is 8.30. The van der Waals surface area contributed by atoms with E-state index in [0.29, 0.717) is 4.95 Å². The standard InChI is InChI=1S/C10H19BrN2/c1-13-7-3-5-9(13)8-4-2-6-12-10(8)11/h8-10,12H,2-7H2,1H3/t8?,9-,10?/m0/s1. The molecule has 0 amide bonds. The van der Waals surface area contributed by atoms with Gasteiger partial charge in [0.15, 0.2) is 0 Å². The van der Waals surface area contributed by atoms with Crippen molar-refractivity contribution < 1.29 is 0 Å². The average Bonchev–Trinajstić information content (AvgIpc) is 2.52. The highest BCUT2D eigenvalue weighted by Crippen LogP contribution is 2.32. The zero-order valence-corrected chi connectivity index (χ0v) is 9.89. The van der Waals surface area contributed by atoms with Crippen LogP contribution in [-0.2, 0) is 0 Å². The van der Waals surface area contributed by atoms with Crippen LogP contribution in [-0.4, -0.2) is 36.0 Å². The fraction of sp³-hybridized carbons (Fsp3) is 1.00. The second-order valence-electron chi connectivity index (χ2n) is 4.35. The molecule has 2 aliphatic rings. The Morgan fingerprint density at radius 3 is 2.77 bits per heavy atom. The summed E-state index contributed by atoms with van der Waals surface area (Å²) >= 11 is 3.75. The van der Waals surface area contributed by atoms with Crippen LogP contribution in [0.5, 0.6) is 0 Å². The molecule has 76 valence electrons. The third kappa shape index (κ3) is 2.08. The molecular formula is C10H19BrN2. The third-order valence-corrected chi connectivity index (χ3v) is 4.50. The summed E-state index contributed by atoms with van der Waals surface area (Å²) in [5, 5.41) is 3.52. The number of hydrogen-bond donors (Lipinski definition) is 1. The van der Waals surface area contributed by atoms with Gasteiger partial charge in [0.05, 0.1) is 4.95 Å². The van der Waals surface area contributed by atoms with E-state index in [-0.39, 0.29) is 0 Å². The molecule has 0 radical (unpaired) electrons. The molecule has 2 fully saturated rings. The first kappa shape index (κ1) is 9.94. The van der Waals surface area contributed by atoms with Crippen molar-refractivity contribution in [2.45, 2.75) is 36.7 Å². The Morgan fingerprint density at radius 1 is 1.31 bits per heavy atom. The average molecular weight is 247 g/mol. The number of alkyl halides is 1. The van der Waals surface area contributed by atoms with Crippen LogP contribution < -0.4 is 5.32 Å². The number of nitrogens with zero attached hydrogens (tertiary/aromatic N) is 1. The van der Waals surface area contributed by atoms with Gasteiger partial charge in [-0.05, 0) is 51.7 Å². The number of nitrogens with one attached hydrogen (secondary N) is 1. The van der Waals surface area contributed by atoms with Gasteiger partial charge in [0, 0.05) is 6.04 Å². The second-order valence-corrected chi connectivity index (χ2v) is 5.34. The van der Waals surface area contributed by atoms with Crippen molar-refractivity contribution >= 4 is 15.9 Å². The topological polar surface area (TPSA) is 15.3 Å². The van der Waals surface area contributed by atoms with Crippen LogP contribution in [0.25, 0.3) is 0 Å². The molecule has 0 aromatic carbocycles. The molecule has 2 aliphatic heterocycles. The number of halogens is 1. The molecule has 1 N–H and O–H groups in total. The van der Waals surface area contributed by atoms with Crippen molar-refractivity contribution in [1.82, 2.24) is 10.2 Å². The second kappa shape index (κ2) is 4.28. The Labute approximate surface area is 89.2 Å². The van der Waals surface area contributed by atoms with Crippen LogP contribution in [0.2, 0.25) is 0 Å². The summed E-state index contributed by atoms with van der Waals surface area (Å²) in [4.78, 5) is 3.08. The molecule has 2 unspecified atom stereocenters. The molecule has 13 heavy (non-hydrogen) atoms. The summed E-state index contributed by atoms with van der Waals surface area (Å²) in [6.07, 6.45) is 5.51. The van der Waals surface area contributed by atoms with Gasteiger partial charge in [0.25, 0.3) is 0 Å². The minimum absolute atomic E-state index is 0.548. The fourth-order valence-electron chi connectivity index (χ4n) is 2.74. The Hall–Kier alpha value is 0.400. The first-order valence-electron chi connectivity index (χ1n) is 5.37. The minimum atomic E-state index is 0.548. The lowest BCUT2D eigenvalue weighted by molar-refractivity contribution is 0.186. The van der Waals surface area contributed by atoms with Crippen LogP contribution in [0.15, 0.2) is 0 Å². The predicted molar refractivity (Wildman–Crippen MR) is 59.1 cm³/mol. The van der Waals surface area contributed by atoms with Crippen molar-refractivity contribution in [2.24, 2.45) is 5.92 Å². The summed E-state index contributed by atoms with van der Waals surface area (Å²) in [7, 11) is 2.27. The quantitative estimate of drug-likeness (QED) is 0.561. The zero-order chi connectivity index (χ0) is 9.26. The predicted octanol–water partition coefficient (Wildman–Crippen LogP) is 1.80. The van der Waals surface area contributed by atoms with E-state index in [1.165, 1.54) is 38.8 Å². The molecule has 2 nitrogen and oxygen atoms in total. The number of hydrogen-bond acceptors (Lipinski definition) is 2. The van der Waals surface area contributed by atoms with E-state index in [1.807, 2.05) is 0 Å². The molecular weight excluding hydrogens is 228 g/mol. The SMILES string of the molecule is CN1CCC[C@H]1C1CCCNC1Br. The molecule has 3 heteroatoms. The molecule has 0 saturated carbocycles. The van der Waals surface area contributed by atoms with E-state index in [2.05, 4.69) is 33.2 Å². The lowest BCUT2D eigenvalue weighted by Crippen LogP contribution is -2.46. The summed E-state index contributed by atoms with van der Waals surface area (Å²) in [5.41, 5.74) is 0. The van der Waals surface area contributed by atoms with Crippen LogP contribution in [0, 0.1) is 5.92 Å². The maximum atomic E-state index is 3.75. The summed E-state index contributed by atoms with van der Waals surface area (Å²) in [6, 6.07) is 0.817. The summed E-state index contributed by atoms with van der Waals surface area (Å²) < 4.78 is 0. The molecule has 2 saturated heterocycles. The van der Waals surface area contributed by atoms with E-state index in [4.69, 9.17) is 0 Å². The van der Waals surface area contributed by atoms with Gasteiger partial charge in [0.2, 0.25) is 0 Å². The van der Waals surface area contributed by atoms with Crippen LogP contribution in [0.1, 0.15) is 25.7 Å². The maximum Gasteiger partial charge on any atom is 0.0674 e.